The Bertz CT molecular complexity index is 1170. The van der Waals surface area contributed by atoms with Gasteiger partial charge in [-0.15, -0.1) is 0 Å². The van der Waals surface area contributed by atoms with E-state index in [4.69, 9.17) is 4.74 Å². The van der Waals surface area contributed by atoms with Crippen molar-refractivity contribution < 1.29 is 18.7 Å². The van der Waals surface area contributed by atoms with Crippen LogP contribution in [0.15, 0.2) is 51.4 Å². The molecule has 0 aliphatic carbocycles. The highest BCUT2D eigenvalue weighted by molar-refractivity contribution is 9.11. The summed E-state index contributed by atoms with van der Waals surface area (Å²) in [5, 5.41) is 3.02. The molecule has 0 bridgehead atoms. The fraction of sp³-hybridized carbons (Fsp3) is 0.548. The van der Waals surface area contributed by atoms with Crippen LogP contribution in [0.4, 0.5) is 9.18 Å². The van der Waals surface area contributed by atoms with E-state index in [1.807, 2.05) is 58.2 Å². The molecule has 7 nitrogen and oxygen atoms in total. The van der Waals surface area contributed by atoms with E-state index in [9.17, 15) is 14.0 Å². The Hall–Kier alpha value is -2.01. The van der Waals surface area contributed by atoms with Gasteiger partial charge < -0.3 is 19.9 Å². The van der Waals surface area contributed by atoms with Crippen molar-refractivity contribution in [3.8, 4) is 0 Å². The highest BCUT2D eigenvalue weighted by atomic mass is 79.9. The Morgan fingerprint density at radius 3 is 2.27 bits per heavy atom. The Kier molecular flexibility index (Phi) is 10.9. The quantitative estimate of drug-likeness (QED) is 0.335. The summed E-state index contributed by atoms with van der Waals surface area (Å²) in [7, 11) is 1.83. The highest BCUT2D eigenvalue weighted by Gasteiger charge is 2.34. The molecule has 0 spiro atoms. The third-order valence-electron chi connectivity index (χ3n) is 7.79. The lowest BCUT2D eigenvalue weighted by atomic mass is 9.93. The molecule has 0 unspecified atom stereocenters. The largest absolute Gasteiger partial charge is 0.444 e. The summed E-state index contributed by atoms with van der Waals surface area (Å²) in [6.45, 7) is 11.1. The number of piperidine rings is 1. The van der Waals surface area contributed by atoms with Crippen molar-refractivity contribution in [2.45, 2.75) is 63.6 Å². The number of likely N-dealkylation sites (N-methyl/N-ethyl adjacent to an activating group) is 1. The fourth-order valence-corrected chi connectivity index (χ4v) is 6.88. The molecule has 1 atom stereocenters. The van der Waals surface area contributed by atoms with E-state index in [1.165, 1.54) is 12.1 Å². The lowest BCUT2D eigenvalue weighted by Crippen LogP contribution is -2.61. The van der Waals surface area contributed by atoms with Crippen molar-refractivity contribution in [1.82, 2.24) is 20.0 Å². The van der Waals surface area contributed by atoms with Gasteiger partial charge in [-0.3, -0.25) is 9.69 Å². The summed E-state index contributed by atoms with van der Waals surface area (Å²) in [5.74, 6) is -0.215. The summed E-state index contributed by atoms with van der Waals surface area (Å²) in [4.78, 5) is 32.1. The Morgan fingerprint density at radius 2 is 1.68 bits per heavy atom. The number of alkyl carbamates (subject to hydrolysis) is 1. The number of nitrogens with zero attached hydrogens (tertiary/aromatic N) is 3. The van der Waals surface area contributed by atoms with Crippen LogP contribution in [-0.2, 0) is 4.74 Å². The maximum Gasteiger partial charge on any atom is 0.407 e. The van der Waals surface area contributed by atoms with Gasteiger partial charge in [-0.05, 0) is 82.5 Å². The van der Waals surface area contributed by atoms with Crippen molar-refractivity contribution >= 4 is 43.9 Å². The number of carbonyl (C=O) groups is 2. The second kappa shape index (κ2) is 14.0. The van der Waals surface area contributed by atoms with E-state index in [2.05, 4.69) is 47.0 Å². The second-order valence-corrected chi connectivity index (χ2v) is 14.1. The summed E-state index contributed by atoms with van der Waals surface area (Å²) in [5.41, 5.74) is 1.16. The number of rotatable bonds is 9. The molecule has 2 saturated heterocycles. The van der Waals surface area contributed by atoms with Crippen LogP contribution >= 0.6 is 31.9 Å². The van der Waals surface area contributed by atoms with Crippen molar-refractivity contribution in [3.05, 3.63) is 68.4 Å². The molecule has 2 aromatic rings. The Morgan fingerprint density at radius 1 is 1.07 bits per heavy atom. The molecule has 2 aliphatic rings. The number of halogens is 3. The van der Waals surface area contributed by atoms with Crippen LogP contribution in [-0.4, -0.2) is 90.7 Å². The van der Waals surface area contributed by atoms with E-state index in [1.54, 1.807) is 4.90 Å². The van der Waals surface area contributed by atoms with Crippen molar-refractivity contribution in [1.29, 1.82) is 0 Å². The first-order chi connectivity index (χ1) is 19.4. The van der Waals surface area contributed by atoms with Crippen LogP contribution in [0.1, 0.15) is 61.9 Å². The third kappa shape index (κ3) is 9.49. The minimum Gasteiger partial charge on any atom is -0.444 e. The monoisotopic (exact) mass is 694 g/mol. The number of amides is 2. The lowest BCUT2D eigenvalue weighted by molar-refractivity contribution is 0.0136. The maximum absolute atomic E-state index is 13.7. The summed E-state index contributed by atoms with van der Waals surface area (Å²) in [6, 6.07) is 12.9. The van der Waals surface area contributed by atoms with Crippen molar-refractivity contribution in [2.24, 2.45) is 0 Å². The highest BCUT2D eigenvalue weighted by Crippen LogP contribution is 2.27. The number of likely N-dealkylation sites (tertiary alicyclic amines) is 2. The van der Waals surface area contributed by atoms with Gasteiger partial charge in [-0.1, -0.05) is 44.0 Å². The van der Waals surface area contributed by atoms with Crippen molar-refractivity contribution in [3.63, 3.8) is 0 Å². The Balaban J connectivity index is 1.26. The number of benzene rings is 2. The van der Waals surface area contributed by atoms with Crippen LogP contribution < -0.4 is 5.32 Å². The summed E-state index contributed by atoms with van der Waals surface area (Å²) in [6.07, 6.45) is 2.40. The number of hydrogen-bond donors (Lipinski definition) is 1. The first kappa shape index (κ1) is 31.9. The molecule has 41 heavy (non-hydrogen) atoms. The minimum atomic E-state index is -0.489. The van der Waals surface area contributed by atoms with Crippen LogP contribution in [0.2, 0.25) is 0 Å². The van der Waals surface area contributed by atoms with Crippen LogP contribution in [0, 0.1) is 5.82 Å². The van der Waals surface area contributed by atoms with E-state index < -0.39 is 5.60 Å². The molecule has 4 rings (SSSR count). The topological polar surface area (TPSA) is 65.1 Å². The molecule has 0 aromatic heterocycles. The molecular formula is C31H41Br2FN4O3. The van der Waals surface area contributed by atoms with Crippen LogP contribution in [0.3, 0.4) is 0 Å². The molecule has 2 heterocycles. The van der Waals surface area contributed by atoms with Crippen molar-refractivity contribution in [2.75, 3.05) is 46.3 Å². The molecule has 2 amide bonds. The number of ether oxygens (including phenoxy) is 1. The molecule has 1 N–H and O–H groups in total. The maximum atomic E-state index is 13.7. The average Bonchev–Trinajstić information content (AvgIpc) is 2.86. The smallest absolute Gasteiger partial charge is 0.407 e. The normalized spacial score (nSPS) is 18.0. The number of nitrogens with one attached hydrogen (secondary N) is 1. The second-order valence-electron chi connectivity index (χ2n) is 12.3. The zero-order chi connectivity index (χ0) is 29.7. The first-order valence-corrected chi connectivity index (χ1v) is 15.9. The molecular weight excluding hydrogens is 655 g/mol. The van der Waals surface area contributed by atoms with Gasteiger partial charge in [0.1, 0.15) is 11.4 Å². The van der Waals surface area contributed by atoms with Gasteiger partial charge in [0.25, 0.3) is 5.91 Å². The fourth-order valence-electron chi connectivity index (χ4n) is 5.59. The number of carbonyl (C=O) groups excluding carboxylic acids is 2. The van der Waals surface area contributed by atoms with E-state index >= 15 is 0 Å². The molecule has 224 valence electrons. The van der Waals surface area contributed by atoms with Gasteiger partial charge in [0.2, 0.25) is 0 Å². The van der Waals surface area contributed by atoms with Gasteiger partial charge in [-0.2, -0.15) is 0 Å². The average molecular weight is 697 g/mol. The zero-order valence-corrected chi connectivity index (χ0v) is 27.5. The third-order valence-corrected chi connectivity index (χ3v) is 8.71. The predicted molar refractivity (Wildman–Crippen MR) is 167 cm³/mol. The SMILES string of the molecule is CN(C[C@@H](CCN1CC(N2CCC(NC(=O)OC(C)(C)C)CC2)C1)c1ccc(F)cc1)C(=O)c1cc(Br)cc(Br)c1. The van der Waals surface area contributed by atoms with Crippen LogP contribution in [0.5, 0.6) is 0 Å². The molecule has 2 fully saturated rings. The van der Waals surface area contributed by atoms with E-state index in [0.29, 0.717) is 18.2 Å². The predicted octanol–water partition coefficient (Wildman–Crippen LogP) is 6.27. The Labute approximate surface area is 260 Å². The molecule has 0 saturated carbocycles. The molecule has 0 radical (unpaired) electrons. The number of hydrogen-bond acceptors (Lipinski definition) is 5. The molecule has 2 aromatic carbocycles. The summed E-state index contributed by atoms with van der Waals surface area (Å²) >= 11 is 6.94. The first-order valence-electron chi connectivity index (χ1n) is 14.3. The zero-order valence-electron chi connectivity index (χ0n) is 24.3. The molecule has 10 heteroatoms. The minimum absolute atomic E-state index is 0.0484. The van der Waals surface area contributed by atoms with Gasteiger partial charge in [0, 0.05) is 72.3 Å². The van der Waals surface area contributed by atoms with Gasteiger partial charge in [0.05, 0.1) is 0 Å². The van der Waals surface area contributed by atoms with Crippen LogP contribution in [0.25, 0.3) is 0 Å². The molecule has 2 aliphatic heterocycles. The van der Waals surface area contributed by atoms with E-state index in [0.717, 1.165) is 66.5 Å². The van der Waals surface area contributed by atoms with E-state index in [-0.39, 0.29) is 29.8 Å². The van der Waals surface area contributed by atoms with Gasteiger partial charge in [-0.25, -0.2) is 9.18 Å². The van der Waals surface area contributed by atoms with Gasteiger partial charge in [0.15, 0.2) is 0 Å². The lowest BCUT2D eigenvalue weighted by Gasteiger charge is -2.48. The summed E-state index contributed by atoms with van der Waals surface area (Å²) < 4.78 is 20.8. The standard InChI is InChI=1S/C31H41Br2FN4O3/c1-31(2,3)41-30(40)35-27-10-13-38(14-11-27)28-19-37(20-28)12-9-22(21-5-7-26(34)8-6-21)18-36(4)29(39)23-15-24(32)17-25(33)16-23/h5-8,15-17,22,27-28H,9-14,18-20H2,1-4H3,(H,35,40)/t22-/m1/s1. The van der Waals surface area contributed by atoms with Gasteiger partial charge >= 0.3 is 6.09 Å².